The fourth-order valence-corrected chi connectivity index (χ4v) is 2.63. The summed E-state index contributed by atoms with van der Waals surface area (Å²) in [6.45, 7) is 10.2. The summed E-state index contributed by atoms with van der Waals surface area (Å²) in [6.07, 6.45) is 3.56. The number of anilines is 1. The van der Waals surface area contributed by atoms with Gasteiger partial charge in [-0.15, -0.1) is 0 Å². The molecule has 0 fully saturated rings. The Hall–Kier alpha value is -1.21. The topological polar surface area (TPSA) is 52.6 Å². The molecule has 0 radical (unpaired) electrons. The summed E-state index contributed by atoms with van der Waals surface area (Å²) in [5.74, 6) is 0. The molecule has 0 aliphatic heterocycles. The van der Waals surface area contributed by atoms with E-state index in [2.05, 4.69) is 39.6 Å². The maximum atomic E-state index is 5.07. The molecule has 2 N–H and O–H groups in total. The van der Waals surface area contributed by atoms with Crippen molar-refractivity contribution in [3.05, 3.63) is 11.1 Å². The number of nitrogens with zero attached hydrogens (tertiary/aromatic N) is 3. The molecule has 1 rings (SSSR count). The molecular weight excluding hydrogens is 278 g/mol. The summed E-state index contributed by atoms with van der Waals surface area (Å²) >= 11 is 6.69. The minimum absolute atomic E-state index is 0.299. The molecule has 1 heterocycles. The molecule has 0 spiro atoms. The lowest BCUT2D eigenvalue weighted by atomic mass is 10.4. The molecule has 106 valence electrons. The standard InChI is InChI=1S/C12H21N5S2/c1-5-17(6-2)12-13-7-10(19-12)8-14-16-11(18)15-9(3)4/h7-9H,5-6H2,1-4H3,(H2,15,16,18)/b14-8-. The highest BCUT2D eigenvalue weighted by Gasteiger charge is 2.06. The Bertz CT molecular complexity index is 424. The van der Waals surface area contributed by atoms with Gasteiger partial charge in [-0.05, 0) is 39.9 Å². The van der Waals surface area contributed by atoms with E-state index in [4.69, 9.17) is 12.2 Å². The average molecular weight is 299 g/mol. The van der Waals surface area contributed by atoms with Crippen LogP contribution in [0, 0.1) is 0 Å². The van der Waals surface area contributed by atoms with Crippen LogP contribution in [0.3, 0.4) is 0 Å². The number of thiocarbonyl (C=S) groups is 1. The van der Waals surface area contributed by atoms with Gasteiger partial charge in [-0.25, -0.2) is 4.98 Å². The van der Waals surface area contributed by atoms with E-state index in [1.54, 1.807) is 17.6 Å². The Balaban J connectivity index is 2.51. The molecule has 0 unspecified atom stereocenters. The molecule has 0 bridgehead atoms. The summed E-state index contributed by atoms with van der Waals surface area (Å²) in [4.78, 5) is 7.59. The summed E-state index contributed by atoms with van der Waals surface area (Å²) in [5.41, 5.74) is 2.78. The van der Waals surface area contributed by atoms with Gasteiger partial charge in [0.15, 0.2) is 10.2 Å². The average Bonchev–Trinajstić information content (AvgIpc) is 2.78. The van der Waals surface area contributed by atoms with Gasteiger partial charge in [0.05, 0.1) is 11.1 Å². The molecule has 0 atom stereocenters. The summed E-state index contributed by atoms with van der Waals surface area (Å²) in [5, 5.41) is 8.70. The quantitative estimate of drug-likeness (QED) is 0.479. The van der Waals surface area contributed by atoms with E-state index < -0.39 is 0 Å². The van der Waals surface area contributed by atoms with E-state index in [1.807, 2.05) is 20.0 Å². The SMILES string of the molecule is CCN(CC)c1ncc(/C=N\NC(=S)NC(C)C)s1. The largest absolute Gasteiger partial charge is 0.359 e. The molecule has 19 heavy (non-hydrogen) atoms. The predicted molar refractivity (Wildman–Crippen MR) is 87.3 cm³/mol. The Morgan fingerprint density at radius 3 is 2.79 bits per heavy atom. The van der Waals surface area contributed by atoms with Crippen LogP contribution in [0.25, 0.3) is 0 Å². The fraction of sp³-hybridized carbons (Fsp3) is 0.583. The Morgan fingerprint density at radius 2 is 2.21 bits per heavy atom. The maximum absolute atomic E-state index is 5.07. The van der Waals surface area contributed by atoms with Gasteiger partial charge < -0.3 is 10.2 Å². The second kappa shape index (κ2) is 8.06. The summed E-state index contributed by atoms with van der Waals surface area (Å²) < 4.78 is 0. The fourth-order valence-electron chi connectivity index (χ4n) is 1.43. The first kappa shape index (κ1) is 15.8. The van der Waals surface area contributed by atoms with Crippen molar-refractivity contribution in [2.75, 3.05) is 18.0 Å². The van der Waals surface area contributed by atoms with Crippen molar-refractivity contribution in [1.29, 1.82) is 0 Å². The molecule has 0 saturated carbocycles. The van der Waals surface area contributed by atoms with E-state index in [1.165, 1.54) is 0 Å². The van der Waals surface area contributed by atoms with Gasteiger partial charge in [0.1, 0.15) is 0 Å². The van der Waals surface area contributed by atoms with E-state index in [9.17, 15) is 0 Å². The van der Waals surface area contributed by atoms with E-state index >= 15 is 0 Å². The Labute approximate surface area is 124 Å². The van der Waals surface area contributed by atoms with Crippen LogP contribution in [0.5, 0.6) is 0 Å². The van der Waals surface area contributed by atoms with Gasteiger partial charge in [-0.2, -0.15) is 5.10 Å². The second-order valence-corrected chi connectivity index (χ2v) is 5.66. The molecule has 0 saturated heterocycles. The van der Waals surface area contributed by atoms with Crippen molar-refractivity contribution >= 4 is 40.0 Å². The number of hydrogen-bond donors (Lipinski definition) is 2. The number of hydrogen-bond acceptors (Lipinski definition) is 5. The zero-order valence-corrected chi connectivity index (χ0v) is 13.4. The van der Waals surface area contributed by atoms with Gasteiger partial charge in [-0.3, -0.25) is 5.43 Å². The molecule has 1 aromatic heterocycles. The molecule has 0 aromatic carbocycles. The zero-order valence-electron chi connectivity index (χ0n) is 11.8. The van der Waals surface area contributed by atoms with Crippen LogP contribution in [-0.2, 0) is 0 Å². The molecule has 0 aliphatic carbocycles. The van der Waals surface area contributed by atoms with Crippen LogP contribution in [0.4, 0.5) is 5.13 Å². The first-order valence-corrected chi connectivity index (χ1v) is 7.59. The minimum Gasteiger partial charge on any atom is -0.359 e. The number of rotatable bonds is 6. The molecular formula is C12H21N5S2. The predicted octanol–water partition coefficient (Wildman–Crippen LogP) is 2.20. The maximum Gasteiger partial charge on any atom is 0.187 e. The number of thiazole rings is 1. The monoisotopic (exact) mass is 299 g/mol. The third-order valence-electron chi connectivity index (χ3n) is 2.32. The van der Waals surface area contributed by atoms with Crippen LogP contribution in [0.1, 0.15) is 32.6 Å². The highest BCUT2D eigenvalue weighted by atomic mass is 32.1. The lowest BCUT2D eigenvalue weighted by Gasteiger charge is -2.16. The molecule has 7 heteroatoms. The highest BCUT2D eigenvalue weighted by Crippen LogP contribution is 2.20. The van der Waals surface area contributed by atoms with Crippen molar-refractivity contribution in [1.82, 2.24) is 15.7 Å². The van der Waals surface area contributed by atoms with E-state index in [0.717, 1.165) is 23.1 Å². The number of hydrazone groups is 1. The normalized spacial score (nSPS) is 11.0. The molecule has 0 amide bonds. The van der Waals surface area contributed by atoms with Crippen LogP contribution in [-0.4, -0.2) is 35.4 Å². The van der Waals surface area contributed by atoms with Gasteiger partial charge in [0.2, 0.25) is 0 Å². The van der Waals surface area contributed by atoms with Crippen molar-refractivity contribution in [3.63, 3.8) is 0 Å². The van der Waals surface area contributed by atoms with Crippen LogP contribution >= 0.6 is 23.6 Å². The smallest absolute Gasteiger partial charge is 0.187 e. The van der Waals surface area contributed by atoms with Crippen molar-refractivity contribution in [2.45, 2.75) is 33.7 Å². The van der Waals surface area contributed by atoms with Gasteiger partial charge in [0.25, 0.3) is 0 Å². The number of nitrogens with one attached hydrogen (secondary N) is 2. The van der Waals surface area contributed by atoms with Gasteiger partial charge >= 0.3 is 0 Å². The second-order valence-electron chi connectivity index (χ2n) is 4.22. The van der Waals surface area contributed by atoms with E-state index in [0.29, 0.717) is 11.2 Å². The van der Waals surface area contributed by atoms with E-state index in [-0.39, 0.29) is 0 Å². The summed E-state index contributed by atoms with van der Waals surface area (Å²) in [7, 11) is 0. The molecule has 0 aliphatic rings. The Kier molecular flexibility index (Phi) is 6.72. The highest BCUT2D eigenvalue weighted by molar-refractivity contribution is 7.80. The first-order valence-electron chi connectivity index (χ1n) is 6.37. The van der Waals surface area contributed by atoms with Crippen LogP contribution in [0.2, 0.25) is 0 Å². The zero-order chi connectivity index (χ0) is 14.3. The molecule has 1 aromatic rings. The molecule has 5 nitrogen and oxygen atoms in total. The van der Waals surface area contributed by atoms with Crippen LogP contribution < -0.4 is 15.6 Å². The van der Waals surface area contributed by atoms with Crippen molar-refractivity contribution in [3.8, 4) is 0 Å². The van der Waals surface area contributed by atoms with Crippen LogP contribution in [0.15, 0.2) is 11.3 Å². The minimum atomic E-state index is 0.299. The lowest BCUT2D eigenvalue weighted by Crippen LogP contribution is -2.36. The van der Waals surface area contributed by atoms with Crippen molar-refractivity contribution in [2.24, 2.45) is 5.10 Å². The number of aromatic nitrogens is 1. The van der Waals surface area contributed by atoms with Gasteiger partial charge in [-0.1, -0.05) is 11.3 Å². The lowest BCUT2D eigenvalue weighted by molar-refractivity contribution is 0.720. The van der Waals surface area contributed by atoms with Crippen molar-refractivity contribution < 1.29 is 0 Å². The third-order valence-corrected chi connectivity index (χ3v) is 3.52. The third kappa shape index (κ3) is 5.52. The first-order chi connectivity index (χ1) is 9.06. The summed E-state index contributed by atoms with van der Waals surface area (Å²) in [6, 6.07) is 0.299. The van der Waals surface area contributed by atoms with Gasteiger partial charge in [0, 0.05) is 25.3 Å². The Morgan fingerprint density at radius 1 is 1.53 bits per heavy atom.